The van der Waals surface area contributed by atoms with Crippen LogP contribution in [0.3, 0.4) is 0 Å². The van der Waals surface area contributed by atoms with E-state index in [4.69, 9.17) is 24.4 Å². The van der Waals surface area contributed by atoms with Crippen LogP contribution in [0.2, 0.25) is 0 Å². The molecule has 2 N–H and O–H groups in total. The van der Waals surface area contributed by atoms with Gasteiger partial charge in [0.1, 0.15) is 10.7 Å². The first-order chi connectivity index (χ1) is 5.25. The van der Waals surface area contributed by atoms with Gasteiger partial charge in [0.2, 0.25) is 0 Å². The van der Waals surface area contributed by atoms with Gasteiger partial charge in [-0.2, -0.15) is 0 Å². The number of aromatic nitrogens is 1. The molecular formula is C8H6N2S. The lowest BCUT2D eigenvalue weighted by Crippen LogP contribution is -2.11. The molecule has 0 spiro atoms. The molecule has 0 saturated heterocycles. The van der Waals surface area contributed by atoms with Gasteiger partial charge in [-0.05, 0) is 18.1 Å². The number of hydrogen-bond acceptors (Lipinski definition) is 2. The second-order valence-corrected chi connectivity index (χ2v) is 2.35. The molecular weight excluding hydrogens is 156 g/mol. The molecule has 0 unspecified atom stereocenters. The molecule has 1 rings (SSSR count). The van der Waals surface area contributed by atoms with Crippen molar-refractivity contribution in [2.45, 2.75) is 0 Å². The number of rotatable bonds is 1. The smallest absolute Gasteiger partial charge is 0.123 e. The molecule has 0 atom stereocenters. The minimum Gasteiger partial charge on any atom is -0.389 e. The molecule has 0 amide bonds. The predicted molar refractivity (Wildman–Crippen MR) is 48.1 cm³/mol. The van der Waals surface area contributed by atoms with E-state index in [1.807, 2.05) is 0 Å². The zero-order chi connectivity index (χ0) is 8.27. The van der Waals surface area contributed by atoms with Crippen molar-refractivity contribution in [2.24, 2.45) is 5.73 Å². The van der Waals surface area contributed by atoms with E-state index >= 15 is 0 Å². The van der Waals surface area contributed by atoms with Crippen LogP contribution >= 0.6 is 12.2 Å². The Morgan fingerprint density at radius 3 is 2.91 bits per heavy atom. The Morgan fingerprint density at radius 2 is 2.45 bits per heavy atom. The topological polar surface area (TPSA) is 38.9 Å². The molecule has 0 bridgehead atoms. The van der Waals surface area contributed by atoms with Crippen molar-refractivity contribution < 1.29 is 0 Å². The quantitative estimate of drug-likeness (QED) is 0.488. The number of pyridine rings is 1. The average molecular weight is 162 g/mol. The number of nitrogens with two attached hydrogens (primary N) is 1. The Morgan fingerprint density at radius 1 is 1.73 bits per heavy atom. The molecule has 54 valence electrons. The predicted octanol–water partition coefficient (Wildman–Crippen LogP) is 0.697. The Bertz CT molecular complexity index is 325. The van der Waals surface area contributed by atoms with Gasteiger partial charge in [-0.25, -0.2) is 4.98 Å². The highest BCUT2D eigenvalue weighted by atomic mass is 32.1. The first kappa shape index (κ1) is 7.70. The van der Waals surface area contributed by atoms with E-state index in [2.05, 4.69) is 10.9 Å². The Hall–Kier alpha value is -1.40. The maximum atomic E-state index is 5.39. The normalized spacial score (nSPS) is 8.64. The molecule has 0 saturated carbocycles. The second kappa shape index (κ2) is 3.13. The van der Waals surface area contributed by atoms with Crippen LogP contribution in [0.25, 0.3) is 0 Å². The van der Waals surface area contributed by atoms with Gasteiger partial charge in [0, 0.05) is 11.8 Å². The highest BCUT2D eigenvalue weighted by Gasteiger charge is 2.00. The minimum atomic E-state index is 0.283. The van der Waals surface area contributed by atoms with Gasteiger partial charge in [-0.15, -0.1) is 6.42 Å². The van der Waals surface area contributed by atoms with Crippen molar-refractivity contribution in [1.82, 2.24) is 4.98 Å². The van der Waals surface area contributed by atoms with Gasteiger partial charge in [-0.1, -0.05) is 12.2 Å². The average Bonchev–Trinajstić information content (AvgIpc) is 2.04. The zero-order valence-corrected chi connectivity index (χ0v) is 6.56. The number of hydrogen-bond donors (Lipinski definition) is 1. The Balaban J connectivity index is 3.26. The monoisotopic (exact) mass is 162 g/mol. The third kappa shape index (κ3) is 1.54. The number of terminal acetylenes is 1. The second-order valence-electron chi connectivity index (χ2n) is 1.91. The molecule has 0 fully saturated rings. The van der Waals surface area contributed by atoms with Crippen LogP contribution in [0, 0.1) is 12.3 Å². The van der Waals surface area contributed by atoms with E-state index in [9.17, 15) is 0 Å². The van der Waals surface area contributed by atoms with Crippen LogP contribution in [-0.4, -0.2) is 9.97 Å². The summed E-state index contributed by atoms with van der Waals surface area (Å²) < 4.78 is 0. The van der Waals surface area contributed by atoms with E-state index < -0.39 is 0 Å². The molecule has 2 nitrogen and oxygen atoms in total. The molecule has 11 heavy (non-hydrogen) atoms. The third-order valence-corrected chi connectivity index (χ3v) is 1.43. The summed E-state index contributed by atoms with van der Waals surface area (Å²) in [6, 6.07) is 3.50. The van der Waals surface area contributed by atoms with Crippen molar-refractivity contribution in [3.63, 3.8) is 0 Å². The number of thiocarbonyl (C=S) groups is 1. The van der Waals surface area contributed by atoms with Crippen LogP contribution < -0.4 is 5.73 Å². The highest BCUT2D eigenvalue weighted by Crippen LogP contribution is 2.02. The summed E-state index contributed by atoms with van der Waals surface area (Å²) >= 11 is 4.76. The summed E-state index contributed by atoms with van der Waals surface area (Å²) in [6.07, 6.45) is 6.77. The van der Waals surface area contributed by atoms with Gasteiger partial charge in [0.15, 0.2) is 0 Å². The molecule has 0 radical (unpaired) electrons. The van der Waals surface area contributed by atoms with Crippen LogP contribution in [-0.2, 0) is 0 Å². The first-order valence-electron chi connectivity index (χ1n) is 2.97. The Kier molecular flexibility index (Phi) is 2.19. The summed E-state index contributed by atoms with van der Waals surface area (Å²) in [5.41, 5.74) is 6.54. The minimum absolute atomic E-state index is 0.283. The van der Waals surface area contributed by atoms with Crippen molar-refractivity contribution in [2.75, 3.05) is 0 Å². The SMILES string of the molecule is C#Cc1ncccc1C(N)=S. The van der Waals surface area contributed by atoms with Crippen molar-refractivity contribution in [3.05, 3.63) is 29.6 Å². The van der Waals surface area contributed by atoms with Crippen LogP contribution in [0.4, 0.5) is 0 Å². The third-order valence-electron chi connectivity index (χ3n) is 1.21. The van der Waals surface area contributed by atoms with Crippen molar-refractivity contribution >= 4 is 17.2 Å². The maximum absolute atomic E-state index is 5.39. The largest absolute Gasteiger partial charge is 0.389 e. The molecule has 1 aromatic heterocycles. The van der Waals surface area contributed by atoms with Gasteiger partial charge in [0.05, 0.1) is 0 Å². The molecule has 1 aromatic rings. The fourth-order valence-electron chi connectivity index (χ4n) is 0.719. The lowest BCUT2D eigenvalue weighted by molar-refractivity contribution is 1.27. The molecule has 0 aliphatic heterocycles. The van der Waals surface area contributed by atoms with Gasteiger partial charge in [-0.3, -0.25) is 0 Å². The van der Waals surface area contributed by atoms with E-state index in [1.165, 1.54) is 0 Å². The molecule has 3 heteroatoms. The van der Waals surface area contributed by atoms with Gasteiger partial charge in [0.25, 0.3) is 0 Å². The summed E-state index contributed by atoms with van der Waals surface area (Å²) in [4.78, 5) is 4.20. The zero-order valence-electron chi connectivity index (χ0n) is 5.74. The fourth-order valence-corrected chi connectivity index (χ4v) is 0.884. The molecule has 0 aliphatic rings. The van der Waals surface area contributed by atoms with E-state index in [1.54, 1.807) is 18.3 Å². The van der Waals surface area contributed by atoms with Gasteiger partial charge < -0.3 is 5.73 Å². The van der Waals surface area contributed by atoms with E-state index in [0.29, 0.717) is 11.3 Å². The van der Waals surface area contributed by atoms with Crippen molar-refractivity contribution in [3.8, 4) is 12.3 Å². The van der Waals surface area contributed by atoms with Crippen LogP contribution in [0.1, 0.15) is 11.3 Å². The molecule has 1 heterocycles. The van der Waals surface area contributed by atoms with Crippen LogP contribution in [0.15, 0.2) is 18.3 Å². The summed E-state index contributed by atoms with van der Waals surface area (Å²) in [5.74, 6) is 2.40. The fraction of sp³-hybridized carbons (Fsp3) is 0. The van der Waals surface area contributed by atoms with Crippen LogP contribution in [0.5, 0.6) is 0 Å². The lowest BCUT2D eigenvalue weighted by atomic mass is 10.2. The number of nitrogens with zero attached hydrogens (tertiary/aromatic N) is 1. The molecule has 0 aliphatic carbocycles. The summed E-state index contributed by atoms with van der Waals surface area (Å²) in [7, 11) is 0. The summed E-state index contributed by atoms with van der Waals surface area (Å²) in [6.45, 7) is 0. The standard InChI is InChI=1S/C8H6N2S/c1-2-7-6(8(9)11)4-3-5-10-7/h1,3-5H,(H2,9,11). The van der Waals surface area contributed by atoms with Crippen molar-refractivity contribution in [1.29, 1.82) is 0 Å². The molecule has 0 aromatic carbocycles. The lowest BCUT2D eigenvalue weighted by Gasteiger charge is -1.98. The van der Waals surface area contributed by atoms with E-state index in [0.717, 1.165) is 0 Å². The Labute approximate surface area is 70.4 Å². The maximum Gasteiger partial charge on any atom is 0.123 e. The van der Waals surface area contributed by atoms with Gasteiger partial charge >= 0.3 is 0 Å². The first-order valence-corrected chi connectivity index (χ1v) is 3.38. The highest BCUT2D eigenvalue weighted by molar-refractivity contribution is 7.80. The van der Waals surface area contributed by atoms with E-state index in [-0.39, 0.29) is 4.99 Å². The summed E-state index contributed by atoms with van der Waals surface area (Å²) in [5, 5.41) is 0.